The largest absolute Gasteiger partial charge is 0.489 e. The third-order valence-corrected chi connectivity index (χ3v) is 4.56. The zero-order chi connectivity index (χ0) is 16.1. The predicted molar refractivity (Wildman–Crippen MR) is 97.2 cm³/mol. The molecular formula is C18H20INO2. The summed E-state index contributed by atoms with van der Waals surface area (Å²) < 4.78 is 7.09. The molecule has 0 bridgehead atoms. The first-order valence-electron chi connectivity index (χ1n) is 7.18. The number of amides is 1. The summed E-state index contributed by atoms with van der Waals surface area (Å²) in [5.74, 6) is 0.894. The molecule has 0 atom stereocenters. The lowest BCUT2D eigenvalue weighted by molar-refractivity contribution is -0.119. The number of carbonyl (C=O) groups is 1. The molecule has 4 heteroatoms. The molecule has 0 heterocycles. The molecule has 0 saturated carbocycles. The summed E-state index contributed by atoms with van der Waals surface area (Å²) in [6, 6.07) is 12.1. The Kier molecular flexibility index (Phi) is 5.83. The van der Waals surface area contributed by atoms with Gasteiger partial charge in [-0.3, -0.25) is 4.79 Å². The molecule has 0 radical (unpaired) electrons. The summed E-state index contributed by atoms with van der Waals surface area (Å²) in [4.78, 5) is 11.7. The van der Waals surface area contributed by atoms with Crippen LogP contribution in [-0.4, -0.2) is 13.0 Å². The fourth-order valence-electron chi connectivity index (χ4n) is 2.30. The van der Waals surface area contributed by atoms with Gasteiger partial charge in [0, 0.05) is 16.2 Å². The summed E-state index contributed by atoms with van der Waals surface area (Å²) in [6.45, 7) is 4.58. The van der Waals surface area contributed by atoms with Gasteiger partial charge in [-0.2, -0.15) is 0 Å². The second-order valence-electron chi connectivity index (χ2n) is 5.29. The lowest BCUT2D eigenvalue weighted by Crippen LogP contribution is -2.21. The second-order valence-corrected chi connectivity index (χ2v) is 6.45. The van der Waals surface area contributed by atoms with Gasteiger partial charge >= 0.3 is 0 Å². The molecule has 2 rings (SSSR count). The van der Waals surface area contributed by atoms with Crippen molar-refractivity contribution in [1.82, 2.24) is 5.32 Å². The van der Waals surface area contributed by atoms with Crippen molar-refractivity contribution in [2.24, 2.45) is 0 Å². The van der Waals surface area contributed by atoms with Crippen molar-refractivity contribution < 1.29 is 9.53 Å². The van der Waals surface area contributed by atoms with Crippen LogP contribution in [-0.2, 0) is 17.8 Å². The molecule has 0 aliphatic rings. The van der Waals surface area contributed by atoms with Crippen LogP contribution in [0.25, 0.3) is 0 Å². The number of hydrogen-bond acceptors (Lipinski definition) is 2. The minimum atomic E-state index is 0.00904. The molecule has 1 N–H and O–H groups in total. The Balaban J connectivity index is 2.19. The molecule has 22 heavy (non-hydrogen) atoms. The minimum Gasteiger partial charge on any atom is -0.489 e. The first kappa shape index (κ1) is 16.8. The van der Waals surface area contributed by atoms with Gasteiger partial charge < -0.3 is 10.1 Å². The van der Waals surface area contributed by atoms with E-state index in [1.807, 2.05) is 37.3 Å². The van der Waals surface area contributed by atoms with E-state index in [4.69, 9.17) is 4.74 Å². The van der Waals surface area contributed by atoms with E-state index in [0.29, 0.717) is 13.0 Å². The quantitative estimate of drug-likeness (QED) is 0.764. The third-order valence-electron chi connectivity index (χ3n) is 3.55. The molecule has 2 aromatic rings. The van der Waals surface area contributed by atoms with Gasteiger partial charge in [0.25, 0.3) is 0 Å². The molecule has 2 aromatic carbocycles. The Morgan fingerprint density at radius 1 is 1.23 bits per heavy atom. The second kappa shape index (κ2) is 7.63. The van der Waals surface area contributed by atoms with E-state index in [0.717, 1.165) is 26.0 Å². The number of carbonyl (C=O) groups excluding carboxylic acids is 1. The van der Waals surface area contributed by atoms with E-state index in [9.17, 15) is 4.79 Å². The molecule has 116 valence electrons. The minimum absolute atomic E-state index is 0.00904. The normalized spacial score (nSPS) is 10.4. The Labute approximate surface area is 145 Å². The van der Waals surface area contributed by atoms with Crippen LogP contribution < -0.4 is 10.1 Å². The number of hydrogen-bond donors (Lipinski definition) is 1. The molecule has 0 saturated heterocycles. The van der Waals surface area contributed by atoms with Crippen LogP contribution in [0.3, 0.4) is 0 Å². The van der Waals surface area contributed by atoms with Gasteiger partial charge in [0.05, 0.1) is 6.42 Å². The molecule has 0 aromatic heterocycles. The third kappa shape index (κ3) is 4.22. The molecular weight excluding hydrogens is 389 g/mol. The van der Waals surface area contributed by atoms with Crippen LogP contribution in [0.5, 0.6) is 5.75 Å². The van der Waals surface area contributed by atoms with E-state index in [2.05, 4.69) is 40.9 Å². The summed E-state index contributed by atoms with van der Waals surface area (Å²) in [5, 5.41) is 2.67. The van der Waals surface area contributed by atoms with Crippen LogP contribution in [0, 0.1) is 17.4 Å². The molecule has 0 unspecified atom stereocenters. The summed E-state index contributed by atoms with van der Waals surface area (Å²) >= 11 is 2.29. The Morgan fingerprint density at radius 3 is 2.68 bits per heavy atom. The molecule has 0 fully saturated rings. The number of rotatable bonds is 5. The first-order valence-corrected chi connectivity index (χ1v) is 8.26. The van der Waals surface area contributed by atoms with Crippen molar-refractivity contribution >= 4 is 28.5 Å². The standard InChI is InChI=1S/C18H20INO2/c1-12-7-8-17(13(2)9-12)22-11-15-14(10-18(21)20-3)5-4-6-16(15)19/h4-9H,10-11H2,1-3H3,(H,20,21). The number of halogens is 1. The van der Waals surface area contributed by atoms with Gasteiger partial charge in [-0.15, -0.1) is 0 Å². The van der Waals surface area contributed by atoms with E-state index in [1.54, 1.807) is 7.05 Å². The van der Waals surface area contributed by atoms with Crippen LogP contribution in [0.4, 0.5) is 0 Å². The van der Waals surface area contributed by atoms with Crippen LogP contribution in [0.15, 0.2) is 36.4 Å². The SMILES string of the molecule is CNC(=O)Cc1cccc(I)c1COc1ccc(C)cc1C. The van der Waals surface area contributed by atoms with Crippen molar-refractivity contribution in [3.8, 4) is 5.75 Å². The van der Waals surface area contributed by atoms with Gasteiger partial charge in [-0.25, -0.2) is 0 Å². The zero-order valence-electron chi connectivity index (χ0n) is 13.1. The smallest absolute Gasteiger partial charge is 0.224 e. The Morgan fingerprint density at radius 2 is 2.00 bits per heavy atom. The lowest BCUT2D eigenvalue weighted by atomic mass is 10.0. The number of benzene rings is 2. The first-order chi connectivity index (χ1) is 10.5. The summed E-state index contributed by atoms with van der Waals surface area (Å²) in [7, 11) is 1.65. The van der Waals surface area contributed by atoms with Gasteiger partial charge in [-0.1, -0.05) is 29.8 Å². The fourth-order valence-corrected chi connectivity index (χ4v) is 3.01. The highest BCUT2D eigenvalue weighted by atomic mass is 127. The number of likely N-dealkylation sites (N-methyl/N-ethyl adjacent to an activating group) is 1. The Hall–Kier alpha value is -1.56. The van der Waals surface area contributed by atoms with Crippen LogP contribution >= 0.6 is 22.6 Å². The van der Waals surface area contributed by atoms with Gasteiger partial charge in [0.2, 0.25) is 5.91 Å². The maximum atomic E-state index is 11.7. The van der Waals surface area contributed by atoms with Gasteiger partial charge in [0.15, 0.2) is 0 Å². The van der Waals surface area contributed by atoms with Crippen molar-refractivity contribution in [2.75, 3.05) is 7.05 Å². The zero-order valence-corrected chi connectivity index (χ0v) is 15.2. The lowest BCUT2D eigenvalue weighted by Gasteiger charge is -2.14. The van der Waals surface area contributed by atoms with E-state index in [1.165, 1.54) is 5.56 Å². The molecule has 1 amide bonds. The van der Waals surface area contributed by atoms with Gasteiger partial charge in [0.1, 0.15) is 12.4 Å². The maximum absolute atomic E-state index is 11.7. The van der Waals surface area contributed by atoms with E-state index < -0.39 is 0 Å². The average molecular weight is 409 g/mol. The maximum Gasteiger partial charge on any atom is 0.224 e. The number of nitrogens with one attached hydrogen (secondary N) is 1. The van der Waals surface area contributed by atoms with Crippen molar-refractivity contribution in [3.05, 3.63) is 62.2 Å². The molecule has 3 nitrogen and oxygen atoms in total. The molecule has 0 aliphatic heterocycles. The van der Waals surface area contributed by atoms with Crippen molar-refractivity contribution in [1.29, 1.82) is 0 Å². The molecule has 0 aliphatic carbocycles. The van der Waals surface area contributed by atoms with Gasteiger partial charge in [-0.05, 0) is 59.7 Å². The van der Waals surface area contributed by atoms with Crippen molar-refractivity contribution in [3.63, 3.8) is 0 Å². The Bertz CT molecular complexity index is 683. The monoisotopic (exact) mass is 409 g/mol. The summed E-state index contributed by atoms with van der Waals surface area (Å²) in [6.07, 6.45) is 0.374. The fraction of sp³-hybridized carbons (Fsp3) is 0.278. The average Bonchev–Trinajstić information content (AvgIpc) is 2.48. The van der Waals surface area contributed by atoms with E-state index >= 15 is 0 Å². The number of ether oxygens (including phenoxy) is 1. The summed E-state index contributed by atoms with van der Waals surface area (Å²) in [5.41, 5.74) is 4.43. The highest BCUT2D eigenvalue weighted by molar-refractivity contribution is 14.1. The number of aryl methyl sites for hydroxylation is 2. The predicted octanol–water partition coefficient (Wildman–Crippen LogP) is 3.78. The highest BCUT2D eigenvalue weighted by Crippen LogP contribution is 2.23. The highest BCUT2D eigenvalue weighted by Gasteiger charge is 2.11. The van der Waals surface area contributed by atoms with E-state index in [-0.39, 0.29) is 5.91 Å². The molecule has 0 spiro atoms. The van der Waals surface area contributed by atoms with Crippen LogP contribution in [0.1, 0.15) is 22.3 Å². The van der Waals surface area contributed by atoms with Crippen molar-refractivity contribution in [2.45, 2.75) is 26.9 Å². The van der Waals surface area contributed by atoms with Crippen LogP contribution in [0.2, 0.25) is 0 Å². The topological polar surface area (TPSA) is 38.3 Å².